The second-order valence-electron chi connectivity index (χ2n) is 7.15. The normalized spacial score (nSPS) is 16.2. The molecule has 0 aliphatic carbocycles. The van der Waals surface area contributed by atoms with Gasteiger partial charge in [0.1, 0.15) is 0 Å². The van der Waals surface area contributed by atoms with Crippen molar-refractivity contribution in [2.45, 2.75) is 33.7 Å². The molecule has 27 heavy (non-hydrogen) atoms. The first-order valence-corrected chi connectivity index (χ1v) is 9.26. The number of halogens is 1. The quantitative estimate of drug-likeness (QED) is 0.692. The third kappa shape index (κ3) is 2.90. The van der Waals surface area contributed by atoms with Gasteiger partial charge >= 0.3 is 0 Å². The molecular weight excluding hydrogens is 362 g/mol. The number of aryl methyl sites for hydroxylation is 1. The number of rotatable bonds is 4. The Bertz CT molecular complexity index is 1050. The zero-order valence-corrected chi connectivity index (χ0v) is 16.2. The average Bonchev–Trinajstić information content (AvgIpc) is 3.11. The molecule has 4 rings (SSSR count). The van der Waals surface area contributed by atoms with Crippen LogP contribution in [0.1, 0.15) is 37.6 Å². The van der Waals surface area contributed by atoms with Crippen molar-refractivity contribution in [1.29, 1.82) is 0 Å². The number of amides is 1. The van der Waals surface area contributed by atoms with Crippen LogP contribution in [0.5, 0.6) is 0 Å². The van der Waals surface area contributed by atoms with E-state index >= 15 is 0 Å². The molecule has 6 nitrogen and oxygen atoms in total. The van der Waals surface area contributed by atoms with E-state index in [1.54, 1.807) is 23.1 Å². The molecule has 0 saturated heterocycles. The van der Waals surface area contributed by atoms with Gasteiger partial charge in [0.2, 0.25) is 0 Å². The topological polar surface area (TPSA) is 62.9 Å². The van der Waals surface area contributed by atoms with E-state index in [2.05, 4.69) is 10.1 Å². The molecule has 3 aromatic heterocycles. The Balaban J connectivity index is 1.83. The van der Waals surface area contributed by atoms with Gasteiger partial charge in [0, 0.05) is 24.2 Å². The van der Waals surface area contributed by atoms with Gasteiger partial charge in [-0.3, -0.25) is 9.78 Å². The molecule has 1 aliphatic heterocycles. The Morgan fingerprint density at radius 1 is 1.22 bits per heavy atom. The molecule has 0 spiro atoms. The highest BCUT2D eigenvalue weighted by atomic mass is 35.5. The van der Waals surface area contributed by atoms with Gasteiger partial charge < -0.3 is 0 Å². The predicted octanol–water partition coefficient (Wildman–Crippen LogP) is 3.72. The van der Waals surface area contributed by atoms with Gasteiger partial charge in [0.25, 0.3) is 5.91 Å². The van der Waals surface area contributed by atoms with Crippen molar-refractivity contribution in [3.8, 4) is 0 Å². The fourth-order valence-corrected chi connectivity index (χ4v) is 3.58. The molecule has 138 valence electrons. The van der Waals surface area contributed by atoms with Crippen LogP contribution in [0, 0.1) is 5.41 Å². The molecule has 0 unspecified atom stereocenters. The van der Waals surface area contributed by atoms with Gasteiger partial charge in [0.05, 0.1) is 33.9 Å². The molecule has 1 aliphatic rings. The lowest BCUT2D eigenvalue weighted by molar-refractivity contribution is -0.135. The summed E-state index contributed by atoms with van der Waals surface area (Å²) < 4.78 is 1.77. The van der Waals surface area contributed by atoms with Crippen LogP contribution in [-0.2, 0) is 17.8 Å². The molecule has 0 atom stereocenters. The number of fused-ring (bicyclic) bond motifs is 1. The fraction of sp³-hybridized carbons (Fsp3) is 0.300. The summed E-state index contributed by atoms with van der Waals surface area (Å²) in [6.45, 7) is 6.27. The molecule has 0 aromatic carbocycles. The van der Waals surface area contributed by atoms with E-state index in [4.69, 9.17) is 16.7 Å². The minimum atomic E-state index is -0.741. The third-order valence-corrected chi connectivity index (χ3v) is 5.10. The smallest absolute Gasteiger partial charge is 0.254 e. The minimum absolute atomic E-state index is 0.0308. The molecular formula is C20H20ClN5O. The maximum Gasteiger partial charge on any atom is 0.254 e. The molecule has 0 N–H and O–H groups in total. The van der Waals surface area contributed by atoms with Crippen molar-refractivity contribution in [3.05, 3.63) is 64.7 Å². The Morgan fingerprint density at radius 3 is 2.74 bits per heavy atom. The zero-order chi connectivity index (χ0) is 19.2. The van der Waals surface area contributed by atoms with Crippen molar-refractivity contribution in [1.82, 2.24) is 19.6 Å². The lowest BCUT2D eigenvalue weighted by Gasteiger charge is -2.19. The fourth-order valence-electron chi connectivity index (χ4n) is 3.43. The van der Waals surface area contributed by atoms with Crippen LogP contribution >= 0.6 is 11.6 Å². The number of hydrazone groups is 1. The van der Waals surface area contributed by atoms with Gasteiger partial charge in [-0.25, -0.2) is 9.52 Å². The maximum atomic E-state index is 13.1. The van der Waals surface area contributed by atoms with Gasteiger partial charge in [-0.05, 0) is 44.0 Å². The summed E-state index contributed by atoms with van der Waals surface area (Å²) in [5, 5.41) is 11.5. The summed E-state index contributed by atoms with van der Waals surface area (Å²) >= 11 is 6.12. The Kier molecular flexibility index (Phi) is 4.23. The van der Waals surface area contributed by atoms with Crippen LogP contribution in [-0.4, -0.2) is 31.2 Å². The number of hydrogen-bond acceptors (Lipinski definition) is 4. The first-order chi connectivity index (χ1) is 12.9. The third-order valence-electron chi connectivity index (χ3n) is 4.87. The Morgan fingerprint density at radius 2 is 2.04 bits per heavy atom. The molecule has 0 radical (unpaired) electrons. The number of carbonyl (C=O) groups is 1. The number of carbonyl (C=O) groups excluding carboxylic acids is 1. The number of aromatic nitrogens is 3. The SMILES string of the molecule is CCc1nn2cc(Cl)ccc2c1C1=NN(Cc2cccnc2)C(=O)C1(C)C. The Labute approximate surface area is 162 Å². The predicted molar refractivity (Wildman–Crippen MR) is 105 cm³/mol. The lowest BCUT2D eigenvalue weighted by Crippen LogP contribution is -2.35. The van der Waals surface area contributed by atoms with E-state index in [-0.39, 0.29) is 5.91 Å². The highest BCUT2D eigenvalue weighted by Crippen LogP contribution is 2.36. The lowest BCUT2D eigenvalue weighted by atomic mass is 9.82. The van der Waals surface area contributed by atoms with Crippen LogP contribution in [0.4, 0.5) is 0 Å². The monoisotopic (exact) mass is 381 g/mol. The van der Waals surface area contributed by atoms with E-state index in [1.807, 2.05) is 45.0 Å². The van der Waals surface area contributed by atoms with Crippen LogP contribution in [0.3, 0.4) is 0 Å². The summed E-state index contributed by atoms with van der Waals surface area (Å²) in [4.78, 5) is 17.2. The number of hydrogen-bond donors (Lipinski definition) is 0. The van der Waals surface area contributed by atoms with Gasteiger partial charge in [-0.1, -0.05) is 24.6 Å². The van der Waals surface area contributed by atoms with E-state index < -0.39 is 5.41 Å². The number of nitrogens with zero attached hydrogens (tertiary/aromatic N) is 5. The minimum Gasteiger partial charge on any atom is -0.272 e. The highest BCUT2D eigenvalue weighted by molar-refractivity contribution is 6.30. The van der Waals surface area contributed by atoms with E-state index in [0.717, 1.165) is 34.5 Å². The van der Waals surface area contributed by atoms with Crippen LogP contribution in [0.15, 0.2) is 48.0 Å². The van der Waals surface area contributed by atoms with E-state index in [9.17, 15) is 4.79 Å². The van der Waals surface area contributed by atoms with Crippen LogP contribution in [0.25, 0.3) is 5.52 Å². The van der Waals surface area contributed by atoms with Crippen molar-refractivity contribution < 1.29 is 4.79 Å². The van der Waals surface area contributed by atoms with Crippen molar-refractivity contribution in [2.75, 3.05) is 0 Å². The number of pyridine rings is 2. The van der Waals surface area contributed by atoms with Crippen molar-refractivity contribution >= 4 is 28.7 Å². The van der Waals surface area contributed by atoms with Crippen LogP contribution < -0.4 is 0 Å². The van der Waals surface area contributed by atoms with E-state index in [1.165, 1.54) is 5.01 Å². The van der Waals surface area contributed by atoms with Crippen LogP contribution in [0.2, 0.25) is 5.02 Å². The Hall–Kier alpha value is -2.73. The molecule has 1 amide bonds. The molecule has 0 saturated carbocycles. The summed E-state index contributed by atoms with van der Waals surface area (Å²) in [5.41, 5.74) is 3.66. The summed E-state index contributed by atoms with van der Waals surface area (Å²) in [5.74, 6) is -0.0308. The highest BCUT2D eigenvalue weighted by Gasteiger charge is 2.45. The zero-order valence-electron chi connectivity index (χ0n) is 15.5. The second kappa shape index (κ2) is 6.46. The standard InChI is InChI=1S/C20H20ClN5O/c1-4-15-17(16-8-7-14(21)12-25(16)23-15)18-20(2,3)19(27)26(24-18)11-13-6-5-9-22-10-13/h5-10,12H,4,11H2,1-3H3. The van der Waals surface area contributed by atoms with Gasteiger partial charge in [-0.15, -0.1) is 0 Å². The molecule has 7 heteroatoms. The molecule has 4 heterocycles. The van der Waals surface area contributed by atoms with Crippen molar-refractivity contribution in [3.63, 3.8) is 0 Å². The van der Waals surface area contributed by atoms with E-state index in [0.29, 0.717) is 11.6 Å². The molecule has 3 aromatic rings. The maximum absolute atomic E-state index is 13.1. The average molecular weight is 382 g/mol. The van der Waals surface area contributed by atoms with Gasteiger partial charge in [-0.2, -0.15) is 10.2 Å². The van der Waals surface area contributed by atoms with Crippen molar-refractivity contribution in [2.24, 2.45) is 10.5 Å². The second-order valence-corrected chi connectivity index (χ2v) is 7.59. The molecule has 0 fully saturated rings. The first-order valence-electron chi connectivity index (χ1n) is 8.89. The first kappa shape index (κ1) is 17.7. The van der Waals surface area contributed by atoms with Gasteiger partial charge in [0.15, 0.2) is 0 Å². The summed E-state index contributed by atoms with van der Waals surface area (Å²) in [6.07, 6.45) is 5.98. The molecule has 0 bridgehead atoms. The largest absolute Gasteiger partial charge is 0.272 e. The summed E-state index contributed by atoms with van der Waals surface area (Å²) in [6, 6.07) is 7.56. The summed E-state index contributed by atoms with van der Waals surface area (Å²) in [7, 11) is 0.